The third-order valence-electron chi connectivity index (χ3n) is 4.85. The lowest BCUT2D eigenvalue weighted by Gasteiger charge is -2.18. The van der Waals surface area contributed by atoms with Gasteiger partial charge in [0, 0.05) is 28.4 Å². The summed E-state index contributed by atoms with van der Waals surface area (Å²) in [4.78, 5) is 12.5. The van der Waals surface area contributed by atoms with Crippen molar-refractivity contribution in [1.82, 2.24) is 4.57 Å². The lowest BCUT2D eigenvalue weighted by Crippen LogP contribution is -2.25. The van der Waals surface area contributed by atoms with Crippen LogP contribution < -0.4 is 5.56 Å². The molecule has 3 heteroatoms. The molecule has 106 valence electrons. The maximum Gasteiger partial charge on any atom is 0.254 e. The monoisotopic (exact) mass is 279 g/mol. The smallest absolute Gasteiger partial charge is 0.254 e. The summed E-state index contributed by atoms with van der Waals surface area (Å²) in [6, 6.07) is 2.18. The van der Waals surface area contributed by atoms with Crippen LogP contribution in [0.15, 0.2) is 21.4 Å². The Hall–Kier alpha value is -2.29. The second-order valence-electron chi connectivity index (χ2n) is 5.91. The first kappa shape index (κ1) is 12.5. The second-order valence-corrected chi connectivity index (χ2v) is 5.91. The third kappa shape index (κ3) is 1.41. The molecule has 0 bridgehead atoms. The Morgan fingerprint density at radius 1 is 1.05 bits per heavy atom. The van der Waals surface area contributed by atoms with Crippen molar-refractivity contribution in [3.05, 3.63) is 50.5 Å². The summed E-state index contributed by atoms with van der Waals surface area (Å²) in [7, 11) is 0. The standard InChI is InChI=1S/C18H17NO2/c1-9-10(2)18(20)19-7-5-6-13-16(19)14(9)8-15-11(3)12(4)21-17(13)15/h5-6,8H,7H2,1-4H3. The van der Waals surface area contributed by atoms with E-state index in [4.69, 9.17) is 4.42 Å². The molecule has 3 nitrogen and oxygen atoms in total. The van der Waals surface area contributed by atoms with E-state index >= 15 is 0 Å². The van der Waals surface area contributed by atoms with Gasteiger partial charge in [-0.2, -0.15) is 0 Å². The first-order valence-electron chi connectivity index (χ1n) is 7.23. The molecule has 1 aliphatic heterocycles. The normalized spacial score (nSPS) is 13.5. The molecule has 0 fully saturated rings. The Labute approximate surface area is 122 Å². The maximum atomic E-state index is 12.5. The van der Waals surface area contributed by atoms with Gasteiger partial charge in [0.2, 0.25) is 0 Å². The molecule has 2 aromatic heterocycles. The van der Waals surface area contributed by atoms with E-state index in [-0.39, 0.29) is 5.56 Å². The molecule has 0 unspecified atom stereocenters. The Morgan fingerprint density at radius 2 is 1.81 bits per heavy atom. The number of benzene rings is 1. The van der Waals surface area contributed by atoms with Gasteiger partial charge in [0.05, 0.1) is 5.52 Å². The fourth-order valence-corrected chi connectivity index (χ4v) is 3.33. The summed E-state index contributed by atoms with van der Waals surface area (Å²) in [5, 5.41) is 2.30. The van der Waals surface area contributed by atoms with Gasteiger partial charge in [0.1, 0.15) is 11.3 Å². The van der Waals surface area contributed by atoms with E-state index in [0.29, 0.717) is 6.54 Å². The molecule has 3 heterocycles. The number of pyridine rings is 1. The van der Waals surface area contributed by atoms with Gasteiger partial charge < -0.3 is 8.98 Å². The first-order valence-corrected chi connectivity index (χ1v) is 7.23. The number of hydrogen-bond donors (Lipinski definition) is 0. The number of allylic oxidation sites excluding steroid dienone is 1. The van der Waals surface area contributed by atoms with Gasteiger partial charge in [-0.25, -0.2) is 0 Å². The van der Waals surface area contributed by atoms with E-state index in [2.05, 4.69) is 19.1 Å². The molecular formula is C18H17NO2. The Morgan fingerprint density at radius 3 is 2.57 bits per heavy atom. The Kier molecular flexibility index (Phi) is 2.30. The van der Waals surface area contributed by atoms with Crippen LogP contribution in [0.3, 0.4) is 0 Å². The van der Waals surface area contributed by atoms with E-state index in [1.807, 2.05) is 31.4 Å². The zero-order valence-electron chi connectivity index (χ0n) is 12.7. The predicted octanol–water partition coefficient (Wildman–Crippen LogP) is 4.01. The van der Waals surface area contributed by atoms with E-state index < -0.39 is 0 Å². The van der Waals surface area contributed by atoms with Crippen LogP contribution in [0.5, 0.6) is 0 Å². The molecule has 0 radical (unpaired) electrons. The molecule has 3 aromatic rings. The fraction of sp³-hybridized carbons (Fsp3) is 0.278. The van der Waals surface area contributed by atoms with Crippen LogP contribution in [-0.4, -0.2) is 4.57 Å². The van der Waals surface area contributed by atoms with Crippen LogP contribution in [0.4, 0.5) is 0 Å². The number of furan rings is 1. The summed E-state index contributed by atoms with van der Waals surface area (Å²) in [6.45, 7) is 8.66. The largest absolute Gasteiger partial charge is 0.460 e. The molecule has 0 spiro atoms. The van der Waals surface area contributed by atoms with Crippen LogP contribution in [0.2, 0.25) is 0 Å². The van der Waals surface area contributed by atoms with E-state index in [9.17, 15) is 4.79 Å². The van der Waals surface area contributed by atoms with Gasteiger partial charge >= 0.3 is 0 Å². The number of aryl methyl sites for hydroxylation is 3. The molecule has 0 saturated heterocycles. The average molecular weight is 279 g/mol. The Balaban J connectivity index is 2.39. The van der Waals surface area contributed by atoms with Crippen molar-refractivity contribution in [2.75, 3.05) is 0 Å². The molecule has 4 rings (SSSR count). The Bertz CT molecular complexity index is 1020. The lowest BCUT2D eigenvalue weighted by molar-refractivity contribution is 0.574. The zero-order chi connectivity index (χ0) is 14.9. The van der Waals surface area contributed by atoms with Crippen molar-refractivity contribution in [3.8, 4) is 0 Å². The van der Waals surface area contributed by atoms with Crippen molar-refractivity contribution in [1.29, 1.82) is 0 Å². The summed E-state index contributed by atoms with van der Waals surface area (Å²) < 4.78 is 7.82. The van der Waals surface area contributed by atoms with Crippen molar-refractivity contribution in [2.24, 2.45) is 0 Å². The topological polar surface area (TPSA) is 35.1 Å². The molecule has 0 aliphatic carbocycles. The highest BCUT2D eigenvalue weighted by Crippen LogP contribution is 2.36. The quantitative estimate of drug-likeness (QED) is 0.623. The third-order valence-corrected chi connectivity index (χ3v) is 4.85. The minimum Gasteiger partial charge on any atom is -0.460 e. The van der Waals surface area contributed by atoms with Crippen LogP contribution in [0.25, 0.3) is 27.9 Å². The summed E-state index contributed by atoms with van der Waals surface area (Å²) in [5.74, 6) is 0.943. The number of hydrogen-bond acceptors (Lipinski definition) is 2. The van der Waals surface area contributed by atoms with Gasteiger partial charge in [-0.05, 0) is 44.9 Å². The van der Waals surface area contributed by atoms with Crippen molar-refractivity contribution < 1.29 is 4.42 Å². The maximum absolute atomic E-state index is 12.5. The molecule has 0 amide bonds. The van der Waals surface area contributed by atoms with E-state index in [0.717, 1.165) is 44.3 Å². The molecule has 1 aliphatic rings. The van der Waals surface area contributed by atoms with E-state index in [1.165, 1.54) is 5.56 Å². The predicted molar refractivity (Wildman–Crippen MR) is 86.0 cm³/mol. The number of nitrogens with zero attached hydrogens (tertiary/aromatic N) is 1. The van der Waals surface area contributed by atoms with Crippen LogP contribution in [0.1, 0.15) is 28.0 Å². The highest BCUT2D eigenvalue weighted by atomic mass is 16.3. The second kappa shape index (κ2) is 3.88. The number of rotatable bonds is 0. The molecule has 0 N–H and O–H groups in total. The van der Waals surface area contributed by atoms with Gasteiger partial charge in [0.15, 0.2) is 0 Å². The van der Waals surface area contributed by atoms with Crippen molar-refractivity contribution in [2.45, 2.75) is 34.2 Å². The number of fused-ring (bicyclic) bond motifs is 2. The van der Waals surface area contributed by atoms with Gasteiger partial charge in [-0.1, -0.05) is 12.2 Å². The molecule has 0 saturated carbocycles. The summed E-state index contributed by atoms with van der Waals surface area (Å²) >= 11 is 0. The highest BCUT2D eigenvalue weighted by molar-refractivity contribution is 6.06. The SMILES string of the molecule is Cc1oc2c3c4c(cc2c1C)c(C)c(C)c(=O)n4CC=C3. The molecule has 0 atom stereocenters. The van der Waals surface area contributed by atoms with Crippen LogP contribution >= 0.6 is 0 Å². The summed E-state index contributed by atoms with van der Waals surface area (Å²) in [6.07, 6.45) is 4.12. The van der Waals surface area contributed by atoms with Crippen LogP contribution in [-0.2, 0) is 6.54 Å². The zero-order valence-corrected chi connectivity index (χ0v) is 12.7. The van der Waals surface area contributed by atoms with Crippen LogP contribution in [0, 0.1) is 27.7 Å². The van der Waals surface area contributed by atoms with Gasteiger partial charge in [0.25, 0.3) is 5.56 Å². The summed E-state index contributed by atoms with van der Waals surface area (Å²) in [5.41, 5.74) is 6.12. The molecular weight excluding hydrogens is 262 g/mol. The highest BCUT2D eigenvalue weighted by Gasteiger charge is 2.20. The molecule has 1 aromatic carbocycles. The minimum absolute atomic E-state index is 0.102. The number of aromatic nitrogens is 1. The van der Waals surface area contributed by atoms with Gasteiger partial charge in [-0.15, -0.1) is 0 Å². The molecule has 21 heavy (non-hydrogen) atoms. The lowest BCUT2D eigenvalue weighted by atomic mass is 9.96. The van der Waals surface area contributed by atoms with Gasteiger partial charge in [-0.3, -0.25) is 4.79 Å². The first-order chi connectivity index (χ1) is 10.0. The fourth-order valence-electron chi connectivity index (χ4n) is 3.33. The van der Waals surface area contributed by atoms with Crippen molar-refractivity contribution in [3.63, 3.8) is 0 Å². The average Bonchev–Trinajstić information content (AvgIpc) is 2.78. The van der Waals surface area contributed by atoms with Crippen molar-refractivity contribution >= 4 is 27.9 Å². The minimum atomic E-state index is 0.102. The van der Waals surface area contributed by atoms with E-state index in [1.54, 1.807) is 0 Å².